The number of aryl methyl sites for hydroxylation is 2. The molecule has 4 heterocycles. The minimum atomic E-state index is -0.207. The Morgan fingerprint density at radius 3 is 2.63 bits per heavy atom. The van der Waals surface area contributed by atoms with Crippen molar-refractivity contribution in [2.24, 2.45) is 7.05 Å². The third-order valence-electron chi connectivity index (χ3n) is 3.90. The van der Waals surface area contributed by atoms with Gasteiger partial charge in [-0.15, -0.1) is 20.4 Å². The highest BCUT2D eigenvalue weighted by Gasteiger charge is 2.25. The van der Waals surface area contributed by atoms with Crippen molar-refractivity contribution in [1.29, 1.82) is 0 Å². The number of aromatic nitrogens is 9. The van der Waals surface area contributed by atoms with Gasteiger partial charge in [0.25, 0.3) is 0 Å². The summed E-state index contributed by atoms with van der Waals surface area (Å²) in [5.74, 6) is 1.59. The second-order valence-corrected chi connectivity index (χ2v) is 7.22. The fourth-order valence-corrected chi connectivity index (χ4v) is 2.59. The first-order valence-electron chi connectivity index (χ1n) is 8.37. The van der Waals surface area contributed by atoms with E-state index in [0.717, 1.165) is 5.56 Å². The molecule has 27 heavy (non-hydrogen) atoms. The van der Waals surface area contributed by atoms with E-state index in [1.165, 1.54) is 0 Å². The topological polar surface area (TPSA) is 122 Å². The zero-order valence-electron chi connectivity index (χ0n) is 15.7. The van der Waals surface area contributed by atoms with Gasteiger partial charge in [-0.2, -0.15) is 9.50 Å². The van der Waals surface area contributed by atoms with Gasteiger partial charge in [-0.1, -0.05) is 31.1 Å². The molecule has 0 fully saturated rings. The van der Waals surface area contributed by atoms with Crippen LogP contribution in [0, 0.1) is 6.92 Å². The van der Waals surface area contributed by atoms with Gasteiger partial charge in [-0.25, -0.2) is 0 Å². The number of fused-ring (bicyclic) bond motifs is 1. The predicted octanol–water partition coefficient (Wildman–Crippen LogP) is 1.49. The molecule has 4 aromatic rings. The van der Waals surface area contributed by atoms with E-state index in [4.69, 9.17) is 9.26 Å². The first kappa shape index (κ1) is 17.1. The van der Waals surface area contributed by atoms with Crippen LogP contribution in [0.4, 0.5) is 0 Å². The minimum absolute atomic E-state index is 0.207. The fraction of sp³-hybridized carbons (Fsp3) is 0.438. The average molecular weight is 369 g/mol. The zero-order chi connectivity index (χ0) is 19.2. The Labute approximate surface area is 154 Å². The summed E-state index contributed by atoms with van der Waals surface area (Å²) >= 11 is 0. The van der Waals surface area contributed by atoms with Gasteiger partial charge in [0.05, 0.1) is 6.20 Å². The molecule has 0 radical (unpaired) electrons. The van der Waals surface area contributed by atoms with E-state index in [-0.39, 0.29) is 12.0 Å². The molecule has 140 valence electrons. The normalized spacial score (nSPS) is 12.0. The molecular formula is C16H19N9O2. The molecule has 0 saturated heterocycles. The monoisotopic (exact) mass is 369 g/mol. The molecule has 0 aliphatic carbocycles. The summed E-state index contributed by atoms with van der Waals surface area (Å²) in [6.07, 6.45) is 1.79. The minimum Gasteiger partial charge on any atom is -0.470 e. The van der Waals surface area contributed by atoms with Crippen LogP contribution in [-0.2, 0) is 19.1 Å². The van der Waals surface area contributed by atoms with Crippen molar-refractivity contribution < 1.29 is 9.26 Å². The highest BCUT2D eigenvalue weighted by molar-refractivity contribution is 5.53. The molecule has 11 heteroatoms. The van der Waals surface area contributed by atoms with Crippen molar-refractivity contribution in [3.05, 3.63) is 29.4 Å². The van der Waals surface area contributed by atoms with Gasteiger partial charge in [0, 0.05) is 19.5 Å². The van der Waals surface area contributed by atoms with Crippen molar-refractivity contribution in [2.45, 2.75) is 39.7 Å². The Morgan fingerprint density at radius 1 is 1.19 bits per heavy atom. The second-order valence-electron chi connectivity index (χ2n) is 7.22. The summed E-state index contributed by atoms with van der Waals surface area (Å²) in [5, 5.41) is 24.8. The van der Waals surface area contributed by atoms with Crippen LogP contribution in [0.3, 0.4) is 0 Å². The van der Waals surface area contributed by atoms with Crippen LogP contribution in [0.2, 0.25) is 0 Å². The van der Waals surface area contributed by atoms with Gasteiger partial charge in [0.15, 0.2) is 5.65 Å². The predicted molar refractivity (Wildman–Crippen MR) is 92.8 cm³/mol. The molecule has 0 amide bonds. The molecule has 4 rings (SSSR count). The van der Waals surface area contributed by atoms with Crippen molar-refractivity contribution in [2.75, 3.05) is 0 Å². The van der Waals surface area contributed by atoms with Gasteiger partial charge < -0.3 is 9.26 Å². The first-order chi connectivity index (χ1) is 12.8. The van der Waals surface area contributed by atoms with E-state index in [2.05, 4.69) is 56.5 Å². The van der Waals surface area contributed by atoms with Crippen LogP contribution >= 0.6 is 0 Å². The molecule has 0 aliphatic heterocycles. The summed E-state index contributed by atoms with van der Waals surface area (Å²) in [4.78, 5) is 4.20. The maximum Gasteiger partial charge on any atom is 0.242 e. The lowest BCUT2D eigenvalue weighted by Gasteiger charge is -2.21. The molecule has 0 saturated carbocycles. The van der Waals surface area contributed by atoms with Crippen molar-refractivity contribution >= 4 is 5.65 Å². The van der Waals surface area contributed by atoms with Crippen molar-refractivity contribution in [3.8, 4) is 17.5 Å². The Hall–Kier alpha value is -3.37. The smallest absolute Gasteiger partial charge is 0.242 e. The van der Waals surface area contributed by atoms with E-state index in [0.29, 0.717) is 34.8 Å². The van der Waals surface area contributed by atoms with Crippen molar-refractivity contribution in [1.82, 2.24) is 44.9 Å². The van der Waals surface area contributed by atoms with Crippen LogP contribution < -0.4 is 4.74 Å². The zero-order valence-corrected chi connectivity index (χ0v) is 15.7. The van der Waals surface area contributed by atoms with Gasteiger partial charge >= 0.3 is 0 Å². The largest absolute Gasteiger partial charge is 0.470 e. The van der Waals surface area contributed by atoms with E-state index < -0.39 is 0 Å². The van der Waals surface area contributed by atoms with E-state index in [1.807, 2.05) is 6.07 Å². The third kappa shape index (κ3) is 3.23. The van der Waals surface area contributed by atoms with Gasteiger partial charge in [-0.3, -0.25) is 4.68 Å². The Bertz CT molecular complexity index is 1100. The lowest BCUT2D eigenvalue weighted by molar-refractivity contribution is 0.276. The summed E-state index contributed by atoms with van der Waals surface area (Å²) < 4.78 is 14.2. The molecule has 11 nitrogen and oxygen atoms in total. The van der Waals surface area contributed by atoms with E-state index in [9.17, 15) is 0 Å². The van der Waals surface area contributed by atoms with Crippen LogP contribution in [-0.4, -0.2) is 44.9 Å². The number of hydrogen-bond donors (Lipinski definition) is 0. The Balaban J connectivity index is 1.78. The Kier molecular flexibility index (Phi) is 3.86. The molecule has 0 spiro atoms. The molecule has 0 unspecified atom stereocenters. The number of ether oxygens (including phenoxy) is 1. The summed E-state index contributed by atoms with van der Waals surface area (Å²) in [7, 11) is 1.80. The van der Waals surface area contributed by atoms with Crippen molar-refractivity contribution in [3.63, 3.8) is 0 Å². The van der Waals surface area contributed by atoms with Gasteiger partial charge in [0.1, 0.15) is 12.3 Å². The number of hydrogen-bond acceptors (Lipinski definition) is 9. The van der Waals surface area contributed by atoms with Crippen LogP contribution in [0.25, 0.3) is 17.3 Å². The number of rotatable bonds is 4. The molecule has 0 aromatic carbocycles. The van der Waals surface area contributed by atoms with Crippen LogP contribution in [0.1, 0.15) is 37.9 Å². The maximum atomic E-state index is 5.97. The molecule has 0 aliphatic rings. The Morgan fingerprint density at radius 2 is 2.00 bits per heavy atom. The van der Waals surface area contributed by atoms with E-state index in [1.54, 1.807) is 29.4 Å². The maximum absolute atomic E-state index is 5.97. The summed E-state index contributed by atoms with van der Waals surface area (Å²) in [6, 6.07) is 1.91. The summed E-state index contributed by atoms with van der Waals surface area (Å²) in [6.45, 7) is 8.19. The third-order valence-corrected chi connectivity index (χ3v) is 3.90. The van der Waals surface area contributed by atoms with Gasteiger partial charge in [0.2, 0.25) is 23.4 Å². The fourth-order valence-electron chi connectivity index (χ4n) is 2.59. The summed E-state index contributed by atoms with van der Waals surface area (Å²) in [5.41, 5.74) is 1.98. The first-order valence-corrected chi connectivity index (χ1v) is 8.37. The average Bonchev–Trinajstić information content (AvgIpc) is 3.30. The highest BCUT2D eigenvalue weighted by atomic mass is 16.5. The second kappa shape index (κ2) is 6.11. The van der Waals surface area contributed by atoms with E-state index >= 15 is 0 Å². The highest BCUT2D eigenvalue weighted by Crippen LogP contribution is 2.31. The lowest BCUT2D eigenvalue weighted by Crippen LogP contribution is -2.16. The molecule has 0 atom stereocenters. The lowest BCUT2D eigenvalue weighted by atomic mass is 9.88. The SMILES string of the molecule is Cc1nc(-c2nnc3cc(C(C)(C)C)c(OCc4cn(C)nn4)nn23)no1. The molecule has 0 bridgehead atoms. The van der Waals surface area contributed by atoms with Gasteiger partial charge in [-0.05, 0) is 11.5 Å². The molecule has 0 N–H and O–H groups in total. The van der Waals surface area contributed by atoms with Crippen LogP contribution in [0.5, 0.6) is 5.88 Å². The molecular weight excluding hydrogens is 350 g/mol. The number of nitrogens with zero attached hydrogens (tertiary/aromatic N) is 9. The van der Waals surface area contributed by atoms with Crippen LogP contribution in [0.15, 0.2) is 16.8 Å². The standard InChI is InChI=1S/C16H19N9O2/c1-9-17-13(22-27-9)14-20-19-12-6-11(16(2,3)4)15(21-25(12)14)26-8-10-7-24(5)23-18-10/h6-7H,8H2,1-5H3. The quantitative estimate of drug-likeness (QED) is 0.526. The molecule has 4 aromatic heterocycles.